The molecule has 0 saturated carbocycles. The molecule has 0 aliphatic heterocycles. The number of hydrogen-bond acceptors (Lipinski definition) is 3. The molecule has 0 radical (unpaired) electrons. The summed E-state index contributed by atoms with van der Waals surface area (Å²) in [6.07, 6.45) is 2.23. The number of nitrogens with one attached hydrogen (secondary N) is 1. The fourth-order valence-electron chi connectivity index (χ4n) is 1.75. The second-order valence-corrected chi connectivity index (χ2v) is 5.01. The number of aliphatic hydroxyl groups excluding tert-OH is 1. The monoisotopic (exact) mass is 265 g/mol. The molecule has 0 bridgehead atoms. The Balaban J connectivity index is 2.41. The van der Waals surface area contributed by atoms with Gasteiger partial charge in [-0.15, -0.1) is 0 Å². The first-order chi connectivity index (χ1) is 9.09. The topological polar surface area (TPSA) is 58.6 Å². The quantitative estimate of drug-likeness (QED) is 0.797. The van der Waals surface area contributed by atoms with Crippen LogP contribution >= 0.6 is 0 Å². The van der Waals surface area contributed by atoms with E-state index in [0.717, 1.165) is 24.8 Å². The van der Waals surface area contributed by atoms with Crippen molar-refractivity contribution in [3.05, 3.63) is 35.9 Å². The van der Waals surface area contributed by atoms with Gasteiger partial charge in [-0.2, -0.15) is 0 Å². The Bertz CT molecular complexity index is 380. The van der Waals surface area contributed by atoms with Gasteiger partial charge in [0.25, 0.3) is 0 Å². The van der Waals surface area contributed by atoms with E-state index in [4.69, 9.17) is 4.74 Å². The Kier molecular flexibility index (Phi) is 6.36. The summed E-state index contributed by atoms with van der Waals surface area (Å²) in [5, 5.41) is 12.1. The molecule has 1 aromatic rings. The minimum absolute atomic E-state index is 0.0898. The Hall–Kier alpha value is -1.55. The van der Waals surface area contributed by atoms with Gasteiger partial charge in [-0.3, -0.25) is 0 Å². The van der Waals surface area contributed by atoms with Gasteiger partial charge in [-0.05, 0) is 18.9 Å². The van der Waals surface area contributed by atoms with Gasteiger partial charge in [0.2, 0.25) is 0 Å². The number of hydrogen-bond donors (Lipinski definition) is 2. The summed E-state index contributed by atoms with van der Waals surface area (Å²) in [6.45, 7) is 4.05. The van der Waals surface area contributed by atoms with E-state index in [9.17, 15) is 9.90 Å². The van der Waals surface area contributed by atoms with Gasteiger partial charge in [-0.25, -0.2) is 4.79 Å². The van der Waals surface area contributed by atoms with Gasteiger partial charge in [-0.1, -0.05) is 50.1 Å². The van der Waals surface area contributed by atoms with Crippen molar-refractivity contribution >= 4 is 6.09 Å². The number of amides is 1. The maximum atomic E-state index is 11.7. The minimum atomic E-state index is -0.607. The average molecular weight is 265 g/mol. The highest BCUT2D eigenvalue weighted by Crippen LogP contribution is 2.13. The number of benzene rings is 1. The fourth-order valence-corrected chi connectivity index (χ4v) is 1.75. The minimum Gasteiger partial charge on any atom is -0.445 e. The van der Waals surface area contributed by atoms with Crippen LogP contribution in [0.15, 0.2) is 30.3 Å². The number of carbonyl (C=O) groups excluding carboxylic acids is 1. The van der Waals surface area contributed by atoms with Crippen LogP contribution in [0.2, 0.25) is 0 Å². The van der Waals surface area contributed by atoms with Crippen LogP contribution in [0.1, 0.15) is 38.7 Å². The Morgan fingerprint density at radius 3 is 2.63 bits per heavy atom. The Labute approximate surface area is 114 Å². The first kappa shape index (κ1) is 15.5. The van der Waals surface area contributed by atoms with Crippen LogP contribution in [0.4, 0.5) is 4.79 Å². The maximum Gasteiger partial charge on any atom is 0.407 e. The molecule has 106 valence electrons. The Morgan fingerprint density at radius 1 is 1.37 bits per heavy atom. The molecule has 19 heavy (non-hydrogen) atoms. The zero-order valence-corrected chi connectivity index (χ0v) is 11.7. The number of unbranched alkanes of at least 4 members (excludes halogenated alkanes) is 1. The highest BCUT2D eigenvalue weighted by molar-refractivity contribution is 5.68. The molecule has 0 spiro atoms. The highest BCUT2D eigenvalue weighted by atomic mass is 16.5. The molecule has 4 heteroatoms. The zero-order chi connectivity index (χ0) is 14.1. The molecule has 1 aromatic carbocycles. The van der Waals surface area contributed by atoms with E-state index in [2.05, 4.69) is 12.2 Å². The molecule has 0 aliphatic carbocycles. The van der Waals surface area contributed by atoms with Crippen molar-refractivity contribution in [1.82, 2.24) is 5.32 Å². The van der Waals surface area contributed by atoms with Crippen molar-refractivity contribution in [2.75, 3.05) is 6.61 Å². The van der Waals surface area contributed by atoms with Crippen molar-refractivity contribution in [2.45, 2.75) is 45.3 Å². The molecule has 0 aromatic heterocycles. The van der Waals surface area contributed by atoms with E-state index < -0.39 is 11.6 Å². The van der Waals surface area contributed by atoms with E-state index in [1.54, 1.807) is 0 Å². The van der Waals surface area contributed by atoms with Crippen LogP contribution in [-0.2, 0) is 11.3 Å². The fraction of sp³-hybridized carbons (Fsp3) is 0.533. The predicted molar refractivity (Wildman–Crippen MR) is 74.8 cm³/mol. The number of rotatable bonds is 7. The van der Waals surface area contributed by atoms with E-state index >= 15 is 0 Å². The van der Waals surface area contributed by atoms with Gasteiger partial charge in [0.05, 0.1) is 12.1 Å². The van der Waals surface area contributed by atoms with Gasteiger partial charge in [0.15, 0.2) is 0 Å². The third-order valence-corrected chi connectivity index (χ3v) is 3.05. The van der Waals surface area contributed by atoms with Crippen molar-refractivity contribution < 1.29 is 14.6 Å². The highest BCUT2D eigenvalue weighted by Gasteiger charge is 2.25. The molecule has 0 fully saturated rings. The van der Waals surface area contributed by atoms with Gasteiger partial charge in [0.1, 0.15) is 6.61 Å². The molecule has 1 atom stereocenters. The van der Waals surface area contributed by atoms with Crippen LogP contribution in [-0.4, -0.2) is 23.3 Å². The number of aliphatic hydroxyl groups is 1. The predicted octanol–water partition coefficient (Wildman–Crippen LogP) is 2.85. The van der Waals surface area contributed by atoms with Crippen molar-refractivity contribution in [1.29, 1.82) is 0 Å². The molecule has 0 heterocycles. The summed E-state index contributed by atoms with van der Waals surface area (Å²) < 4.78 is 5.14. The van der Waals surface area contributed by atoms with Crippen molar-refractivity contribution in [3.8, 4) is 0 Å². The third kappa shape index (κ3) is 5.75. The lowest BCUT2D eigenvalue weighted by Crippen LogP contribution is -2.49. The first-order valence-corrected chi connectivity index (χ1v) is 6.69. The molecular weight excluding hydrogens is 242 g/mol. The standard InChI is InChI=1S/C15H23NO3/c1-3-4-10-15(2,12-17)16-14(18)19-11-13-8-6-5-7-9-13/h5-9,17H,3-4,10-12H2,1-2H3,(H,16,18). The van der Waals surface area contributed by atoms with Gasteiger partial charge in [0, 0.05) is 0 Å². The van der Waals surface area contributed by atoms with Crippen molar-refractivity contribution in [3.63, 3.8) is 0 Å². The molecular formula is C15H23NO3. The maximum absolute atomic E-state index is 11.7. The van der Waals surface area contributed by atoms with Crippen LogP contribution in [0.25, 0.3) is 0 Å². The van der Waals surface area contributed by atoms with Crippen LogP contribution in [0.3, 0.4) is 0 Å². The van der Waals surface area contributed by atoms with E-state index in [1.165, 1.54) is 0 Å². The van der Waals surface area contributed by atoms with Crippen LogP contribution < -0.4 is 5.32 Å². The molecule has 0 saturated heterocycles. The summed E-state index contributed by atoms with van der Waals surface area (Å²) >= 11 is 0. The average Bonchev–Trinajstić information content (AvgIpc) is 2.44. The van der Waals surface area contributed by atoms with E-state index in [0.29, 0.717) is 0 Å². The van der Waals surface area contributed by atoms with Gasteiger partial charge >= 0.3 is 6.09 Å². The Morgan fingerprint density at radius 2 is 2.05 bits per heavy atom. The zero-order valence-electron chi connectivity index (χ0n) is 11.7. The molecule has 2 N–H and O–H groups in total. The summed E-state index contributed by atoms with van der Waals surface area (Å²) in [5.41, 5.74) is 0.334. The smallest absolute Gasteiger partial charge is 0.407 e. The summed E-state index contributed by atoms with van der Waals surface area (Å²) in [5.74, 6) is 0. The summed E-state index contributed by atoms with van der Waals surface area (Å²) in [4.78, 5) is 11.7. The second kappa shape index (κ2) is 7.79. The van der Waals surface area contributed by atoms with Crippen molar-refractivity contribution in [2.24, 2.45) is 0 Å². The number of carbonyl (C=O) groups is 1. The van der Waals surface area contributed by atoms with E-state index in [1.807, 2.05) is 37.3 Å². The van der Waals surface area contributed by atoms with Gasteiger partial charge < -0.3 is 15.2 Å². The summed E-state index contributed by atoms with van der Waals surface area (Å²) in [7, 11) is 0. The molecule has 0 aliphatic rings. The SMILES string of the molecule is CCCCC(C)(CO)NC(=O)OCc1ccccc1. The molecule has 1 rings (SSSR count). The number of alkyl carbamates (subject to hydrolysis) is 1. The second-order valence-electron chi connectivity index (χ2n) is 5.01. The lowest BCUT2D eigenvalue weighted by Gasteiger charge is -2.28. The van der Waals surface area contributed by atoms with E-state index in [-0.39, 0.29) is 13.2 Å². The first-order valence-electron chi connectivity index (χ1n) is 6.69. The molecule has 1 amide bonds. The number of ether oxygens (including phenoxy) is 1. The molecule has 1 unspecified atom stereocenters. The third-order valence-electron chi connectivity index (χ3n) is 3.05. The summed E-state index contributed by atoms with van der Waals surface area (Å²) in [6, 6.07) is 9.51. The molecule has 4 nitrogen and oxygen atoms in total. The van der Waals surface area contributed by atoms with Crippen LogP contribution in [0, 0.1) is 0 Å². The largest absolute Gasteiger partial charge is 0.445 e. The van der Waals surface area contributed by atoms with Crippen LogP contribution in [0.5, 0.6) is 0 Å². The lowest BCUT2D eigenvalue weighted by atomic mass is 9.96. The normalized spacial score (nSPS) is 13.6. The lowest BCUT2D eigenvalue weighted by molar-refractivity contribution is 0.108.